The highest BCUT2D eigenvalue weighted by Gasteiger charge is 2.27. The molecule has 1 aliphatic carbocycles. The number of rotatable bonds is 6. The van der Waals surface area contributed by atoms with Crippen LogP contribution in [0.25, 0.3) is 5.69 Å². The molecular weight excluding hydrogens is 446 g/mol. The van der Waals surface area contributed by atoms with Gasteiger partial charge < -0.3 is 15.0 Å². The molecule has 2 heterocycles. The van der Waals surface area contributed by atoms with E-state index in [1.54, 1.807) is 0 Å². The van der Waals surface area contributed by atoms with Crippen LogP contribution in [0.3, 0.4) is 0 Å². The van der Waals surface area contributed by atoms with Crippen molar-refractivity contribution in [3.8, 4) is 5.69 Å². The number of benzene rings is 2. The van der Waals surface area contributed by atoms with Crippen LogP contribution >= 0.6 is 11.8 Å². The molecule has 1 aliphatic heterocycles. The van der Waals surface area contributed by atoms with Crippen molar-refractivity contribution in [2.45, 2.75) is 49.6 Å². The van der Waals surface area contributed by atoms with E-state index in [2.05, 4.69) is 74.4 Å². The van der Waals surface area contributed by atoms with Crippen LogP contribution in [0, 0.1) is 6.92 Å². The van der Waals surface area contributed by atoms with Gasteiger partial charge in [0.25, 0.3) is 0 Å². The summed E-state index contributed by atoms with van der Waals surface area (Å²) in [5.41, 5.74) is 4.75. The van der Waals surface area contributed by atoms with Crippen molar-refractivity contribution in [2.75, 3.05) is 31.2 Å². The maximum absolute atomic E-state index is 13.2. The molecule has 1 N–H and O–H groups in total. The maximum atomic E-state index is 13.2. The lowest BCUT2D eigenvalue weighted by Gasteiger charge is -2.28. The summed E-state index contributed by atoms with van der Waals surface area (Å²) in [6.45, 7) is 6.90. The number of nitrogens with one attached hydrogen (secondary N) is 1. The molecule has 2 atom stereocenters. The van der Waals surface area contributed by atoms with E-state index in [0.29, 0.717) is 13.2 Å². The van der Waals surface area contributed by atoms with Gasteiger partial charge in [-0.3, -0.25) is 9.36 Å². The minimum atomic E-state index is -0.306. The van der Waals surface area contributed by atoms with Crippen molar-refractivity contribution in [1.29, 1.82) is 0 Å². The van der Waals surface area contributed by atoms with Gasteiger partial charge in [-0.15, -0.1) is 10.2 Å². The number of carbonyl (C=O) groups excluding carboxylic acids is 1. The summed E-state index contributed by atoms with van der Waals surface area (Å²) in [6.07, 6.45) is 3.14. The van der Waals surface area contributed by atoms with Gasteiger partial charge in [0.15, 0.2) is 5.16 Å². The molecule has 34 heavy (non-hydrogen) atoms. The summed E-state index contributed by atoms with van der Waals surface area (Å²) in [5, 5.41) is 12.8. The molecule has 0 bridgehead atoms. The molecule has 1 amide bonds. The first-order chi connectivity index (χ1) is 16.6. The van der Waals surface area contributed by atoms with Crippen molar-refractivity contribution >= 4 is 23.6 Å². The third-order valence-corrected chi connectivity index (χ3v) is 7.55. The van der Waals surface area contributed by atoms with Crippen molar-refractivity contribution in [3.63, 3.8) is 0 Å². The first-order valence-corrected chi connectivity index (χ1v) is 12.9. The highest BCUT2D eigenvalue weighted by Crippen LogP contribution is 2.32. The highest BCUT2D eigenvalue weighted by molar-refractivity contribution is 8.00. The molecule has 2 aliphatic rings. The lowest BCUT2D eigenvalue weighted by molar-refractivity contribution is -0.121. The third-order valence-electron chi connectivity index (χ3n) is 6.51. The van der Waals surface area contributed by atoms with E-state index < -0.39 is 0 Å². The molecule has 0 saturated carbocycles. The quantitative estimate of drug-likeness (QED) is 0.539. The van der Waals surface area contributed by atoms with Crippen LogP contribution in [0.15, 0.2) is 53.7 Å². The summed E-state index contributed by atoms with van der Waals surface area (Å²) >= 11 is 1.45. The van der Waals surface area contributed by atoms with E-state index in [0.717, 1.165) is 54.7 Å². The number of morpholine rings is 1. The zero-order chi connectivity index (χ0) is 23.5. The molecule has 5 rings (SSSR count). The van der Waals surface area contributed by atoms with Crippen molar-refractivity contribution in [3.05, 3.63) is 65.2 Å². The Kier molecular flexibility index (Phi) is 6.87. The Bertz CT molecular complexity index is 1160. The van der Waals surface area contributed by atoms with Crippen LogP contribution in [0.2, 0.25) is 0 Å². The number of hydrogen-bond acceptors (Lipinski definition) is 6. The SMILES string of the molecule is Cc1cccc(-n2c(S[C@@H](C)C(=O)N[C@@H]3CCCc4ccccc43)nnc2N2CCOCC2)c1. The molecule has 0 spiro atoms. The number of ether oxygens (including phenoxy) is 1. The fraction of sp³-hybridized carbons (Fsp3) is 0.423. The number of amides is 1. The Labute approximate surface area is 204 Å². The van der Waals surface area contributed by atoms with Crippen LogP contribution in [0.4, 0.5) is 5.95 Å². The molecule has 1 saturated heterocycles. The third kappa shape index (κ3) is 4.83. The molecule has 178 valence electrons. The standard InChI is InChI=1S/C26H31N5O2S/c1-18-7-5-10-21(17-18)31-25(30-13-15-33-16-14-30)28-29-26(31)34-19(2)24(32)27-23-12-6-9-20-8-3-4-11-22(20)23/h3-5,7-8,10-11,17,19,23H,6,9,12-16H2,1-2H3,(H,27,32)/t19-,23+/m0/s1. The number of nitrogens with zero attached hydrogens (tertiary/aromatic N) is 4. The van der Waals surface area contributed by atoms with Gasteiger partial charge in [-0.2, -0.15) is 0 Å². The zero-order valence-corrected chi connectivity index (χ0v) is 20.6. The fourth-order valence-electron chi connectivity index (χ4n) is 4.70. The smallest absolute Gasteiger partial charge is 0.233 e. The van der Waals surface area contributed by atoms with Gasteiger partial charge >= 0.3 is 0 Å². The lowest BCUT2D eigenvalue weighted by Crippen LogP contribution is -2.38. The summed E-state index contributed by atoms with van der Waals surface area (Å²) < 4.78 is 7.60. The van der Waals surface area contributed by atoms with E-state index in [9.17, 15) is 4.79 Å². The first-order valence-electron chi connectivity index (χ1n) is 12.0. The topological polar surface area (TPSA) is 72.3 Å². The van der Waals surface area contributed by atoms with Gasteiger partial charge in [0.05, 0.1) is 30.2 Å². The molecule has 0 unspecified atom stereocenters. The van der Waals surface area contributed by atoms with Gasteiger partial charge in [0.2, 0.25) is 11.9 Å². The molecule has 1 fully saturated rings. The van der Waals surface area contributed by atoms with Crippen LogP contribution in [0.1, 0.15) is 42.5 Å². The Balaban J connectivity index is 1.37. The minimum absolute atomic E-state index is 0.0263. The van der Waals surface area contributed by atoms with E-state index in [-0.39, 0.29) is 17.2 Å². The van der Waals surface area contributed by atoms with Gasteiger partial charge in [0.1, 0.15) is 0 Å². The zero-order valence-electron chi connectivity index (χ0n) is 19.7. The Morgan fingerprint density at radius 2 is 1.97 bits per heavy atom. The van der Waals surface area contributed by atoms with Crippen LogP contribution < -0.4 is 10.2 Å². The average molecular weight is 478 g/mol. The van der Waals surface area contributed by atoms with Gasteiger partial charge in [-0.1, -0.05) is 48.2 Å². The summed E-state index contributed by atoms with van der Waals surface area (Å²) in [5.74, 6) is 0.823. The highest BCUT2D eigenvalue weighted by atomic mass is 32.2. The summed E-state index contributed by atoms with van der Waals surface area (Å²) in [7, 11) is 0. The normalized spacial score (nSPS) is 18.9. The summed E-state index contributed by atoms with van der Waals surface area (Å²) in [4.78, 5) is 15.4. The summed E-state index contributed by atoms with van der Waals surface area (Å²) in [6, 6.07) is 16.8. The maximum Gasteiger partial charge on any atom is 0.233 e. The Morgan fingerprint density at radius 3 is 2.79 bits per heavy atom. The number of fused-ring (bicyclic) bond motifs is 1. The number of anilines is 1. The largest absolute Gasteiger partial charge is 0.378 e. The van der Waals surface area contributed by atoms with Crippen LogP contribution in [-0.4, -0.2) is 52.2 Å². The van der Waals surface area contributed by atoms with Crippen molar-refractivity contribution in [2.24, 2.45) is 0 Å². The van der Waals surface area contributed by atoms with Crippen molar-refractivity contribution < 1.29 is 9.53 Å². The Hall–Kier alpha value is -2.84. The van der Waals surface area contributed by atoms with Crippen LogP contribution in [0.5, 0.6) is 0 Å². The molecule has 7 nitrogen and oxygen atoms in total. The van der Waals surface area contributed by atoms with E-state index in [4.69, 9.17) is 4.74 Å². The number of aryl methyl sites for hydroxylation is 2. The molecule has 1 aromatic heterocycles. The van der Waals surface area contributed by atoms with Gasteiger partial charge in [-0.05, 0) is 61.9 Å². The predicted octanol–water partition coefficient (Wildman–Crippen LogP) is 4.09. The first kappa shape index (κ1) is 22.9. The van der Waals surface area contributed by atoms with E-state index >= 15 is 0 Å². The van der Waals surface area contributed by atoms with Crippen LogP contribution in [-0.2, 0) is 16.0 Å². The number of aromatic nitrogens is 3. The second-order valence-corrected chi connectivity index (χ2v) is 10.3. The number of carbonyl (C=O) groups is 1. The second-order valence-electron chi connectivity index (χ2n) is 8.97. The molecule has 2 aromatic carbocycles. The predicted molar refractivity (Wildman–Crippen MR) is 135 cm³/mol. The fourth-order valence-corrected chi connectivity index (χ4v) is 5.58. The van der Waals surface area contributed by atoms with Gasteiger partial charge in [-0.25, -0.2) is 0 Å². The molecule has 3 aromatic rings. The average Bonchev–Trinajstić information content (AvgIpc) is 3.28. The monoisotopic (exact) mass is 477 g/mol. The Morgan fingerprint density at radius 1 is 1.15 bits per heavy atom. The molecule has 8 heteroatoms. The molecular formula is C26H31N5O2S. The minimum Gasteiger partial charge on any atom is -0.378 e. The van der Waals surface area contributed by atoms with Crippen molar-refractivity contribution in [1.82, 2.24) is 20.1 Å². The van der Waals surface area contributed by atoms with E-state index in [1.807, 2.05) is 13.0 Å². The number of hydrogen-bond donors (Lipinski definition) is 1. The number of thioether (sulfide) groups is 1. The lowest BCUT2D eigenvalue weighted by atomic mass is 9.88. The second kappa shape index (κ2) is 10.2. The molecule has 0 radical (unpaired) electrons. The van der Waals surface area contributed by atoms with Gasteiger partial charge in [0, 0.05) is 13.1 Å². The van der Waals surface area contributed by atoms with E-state index in [1.165, 1.54) is 22.9 Å².